The molecule has 14 heteroatoms. The van der Waals surface area contributed by atoms with Crippen molar-refractivity contribution in [3.63, 3.8) is 0 Å². The maximum absolute atomic E-state index is 12.8. The average Bonchev–Trinajstić information content (AvgIpc) is 3.41. The molecule has 0 heterocycles. The third-order valence-corrected chi connectivity index (χ3v) is 13.9. The number of unbranched alkanes of at least 4 members (excludes halogenated alkanes) is 28. The summed E-state index contributed by atoms with van der Waals surface area (Å²) < 4.78 is 33.4. The lowest BCUT2D eigenvalue weighted by Crippen LogP contribution is -2.29. The SMILES string of the molecule is CCCCCCCCCC(=O)OCC(COC(=O)CCCCCCCCC)COC(=O)CCCCCN(CCO)CCCCCC(=O)OCC(COC(=O)CCCCCCCCC)COC(=O)CCCCCCCCC. The molecule has 0 saturated carbocycles. The molecule has 0 aromatic heterocycles. The lowest BCUT2D eigenvalue weighted by molar-refractivity contribution is -0.156. The molecule has 0 aliphatic carbocycles. The first-order chi connectivity index (χ1) is 37.1. The van der Waals surface area contributed by atoms with Gasteiger partial charge in [-0.05, 0) is 64.5 Å². The number of rotatable bonds is 58. The normalized spacial score (nSPS) is 11.4. The fourth-order valence-corrected chi connectivity index (χ4v) is 8.93. The number of carbonyl (C=O) groups excluding carboxylic acids is 6. The third-order valence-electron chi connectivity index (χ3n) is 13.9. The maximum Gasteiger partial charge on any atom is 0.305 e. The minimum Gasteiger partial charge on any atom is -0.465 e. The maximum atomic E-state index is 12.8. The predicted octanol–water partition coefficient (Wildman–Crippen LogP) is 14.5. The predicted molar refractivity (Wildman–Crippen MR) is 304 cm³/mol. The van der Waals surface area contributed by atoms with Crippen molar-refractivity contribution >= 4 is 35.8 Å². The third kappa shape index (κ3) is 51.5. The van der Waals surface area contributed by atoms with E-state index >= 15 is 0 Å². The Labute approximate surface area is 463 Å². The van der Waals surface area contributed by atoms with Crippen molar-refractivity contribution in [1.82, 2.24) is 4.90 Å². The van der Waals surface area contributed by atoms with E-state index in [-0.39, 0.29) is 94.9 Å². The van der Waals surface area contributed by atoms with E-state index in [9.17, 15) is 33.9 Å². The first-order valence-electron chi connectivity index (χ1n) is 31.3. The van der Waals surface area contributed by atoms with Crippen molar-refractivity contribution < 1.29 is 62.3 Å². The zero-order valence-electron chi connectivity index (χ0n) is 49.3. The van der Waals surface area contributed by atoms with Gasteiger partial charge in [-0.1, -0.05) is 195 Å². The van der Waals surface area contributed by atoms with Crippen LogP contribution in [0.2, 0.25) is 0 Å². The van der Waals surface area contributed by atoms with Crippen LogP contribution < -0.4 is 0 Å². The number of hydrogen-bond donors (Lipinski definition) is 1. The van der Waals surface area contributed by atoms with Gasteiger partial charge in [0.1, 0.15) is 39.6 Å². The molecular formula is C62H115NO13. The summed E-state index contributed by atoms with van der Waals surface area (Å²) in [6, 6.07) is 0. The van der Waals surface area contributed by atoms with Gasteiger partial charge in [0, 0.05) is 45.1 Å². The molecule has 0 fully saturated rings. The van der Waals surface area contributed by atoms with Crippen LogP contribution >= 0.6 is 0 Å². The first-order valence-corrected chi connectivity index (χ1v) is 31.3. The number of nitrogens with zero attached hydrogens (tertiary/aromatic N) is 1. The minimum atomic E-state index is -0.440. The molecule has 0 radical (unpaired) electrons. The summed E-state index contributed by atoms with van der Waals surface area (Å²) in [5, 5.41) is 9.72. The van der Waals surface area contributed by atoms with Crippen molar-refractivity contribution in [3.8, 4) is 0 Å². The minimum absolute atomic E-state index is 0.00387. The van der Waals surface area contributed by atoms with Gasteiger partial charge in [-0.15, -0.1) is 0 Å². The van der Waals surface area contributed by atoms with Gasteiger partial charge in [-0.3, -0.25) is 28.8 Å². The van der Waals surface area contributed by atoms with E-state index in [2.05, 4.69) is 32.6 Å². The number of aliphatic hydroxyl groups excluding tert-OH is 1. The van der Waals surface area contributed by atoms with Crippen LogP contribution in [0.5, 0.6) is 0 Å². The quantitative estimate of drug-likeness (QED) is 0.0345. The second-order valence-electron chi connectivity index (χ2n) is 21.5. The molecule has 0 aliphatic rings. The Hall–Kier alpha value is -3.26. The molecule has 76 heavy (non-hydrogen) atoms. The lowest BCUT2D eigenvalue weighted by Gasteiger charge is -2.21. The summed E-state index contributed by atoms with van der Waals surface area (Å²) in [5.74, 6) is -2.71. The Morgan fingerprint density at radius 1 is 0.276 bits per heavy atom. The molecule has 14 nitrogen and oxygen atoms in total. The summed E-state index contributed by atoms with van der Waals surface area (Å²) in [5.41, 5.74) is 0. The molecule has 0 atom stereocenters. The average molecular weight is 1080 g/mol. The summed E-state index contributed by atoms with van der Waals surface area (Å²) in [7, 11) is 0. The van der Waals surface area contributed by atoms with Crippen molar-refractivity contribution in [3.05, 3.63) is 0 Å². The van der Waals surface area contributed by atoms with E-state index in [1.807, 2.05) is 0 Å². The van der Waals surface area contributed by atoms with Crippen LogP contribution in [0, 0.1) is 11.8 Å². The Balaban J connectivity index is 4.76. The first kappa shape index (κ1) is 72.7. The van der Waals surface area contributed by atoms with Crippen LogP contribution in [0.1, 0.15) is 285 Å². The molecule has 0 bridgehead atoms. The van der Waals surface area contributed by atoms with Gasteiger partial charge in [-0.25, -0.2) is 0 Å². The Morgan fingerprint density at radius 2 is 0.461 bits per heavy atom. The zero-order chi connectivity index (χ0) is 55.8. The van der Waals surface area contributed by atoms with E-state index in [4.69, 9.17) is 28.4 Å². The van der Waals surface area contributed by atoms with Crippen molar-refractivity contribution in [2.24, 2.45) is 11.8 Å². The van der Waals surface area contributed by atoms with Crippen LogP contribution in [0.25, 0.3) is 0 Å². The van der Waals surface area contributed by atoms with Crippen LogP contribution in [-0.2, 0) is 57.2 Å². The molecule has 0 aliphatic heterocycles. The Kier molecular flexibility index (Phi) is 54.0. The second-order valence-corrected chi connectivity index (χ2v) is 21.5. The number of ether oxygens (including phenoxy) is 6. The molecule has 1 N–H and O–H groups in total. The molecule has 446 valence electrons. The van der Waals surface area contributed by atoms with E-state index < -0.39 is 11.8 Å². The molecule has 0 aromatic carbocycles. The van der Waals surface area contributed by atoms with E-state index in [0.717, 1.165) is 116 Å². The summed E-state index contributed by atoms with van der Waals surface area (Å²) >= 11 is 0. The number of carbonyl (C=O) groups is 6. The zero-order valence-corrected chi connectivity index (χ0v) is 49.3. The van der Waals surface area contributed by atoms with Gasteiger partial charge >= 0.3 is 35.8 Å². The fraction of sp³-hybridized carbons (Fsp3) is 0.903. The Bertz CT molecular complexity index is 1210. The second kappa shape index (κ2) is 56.5. The summed E-state index contributed by atoms with van der Waals surface area (Å²) in [6.45, 7) is 11.0. The molecular weight excluding hydrogens is 967 g/mol. The van der Waals surface area contributed by atoms with E-state index in [0.29, 0.717) is 45.1 Å². The smallest absolute Gasteiger partial charge is 0.305 e. The summed E-state index contributed by atoms with van der Waals surface area (Å²) in [6.07, 6.45) is 37.3. The number of aliphatic hydroxyl groups is 1. The van der Waals surface area contributed by atoms with Crippen molar-refractivity contribution in [2.45, 2.75) is 285 Å². The van der Waals surface area contributed by atoms with Gasteiger partial charge < -0.3 is 38.4 Å². The van der Waals surface area contributed by atoms with Crippen LogP contribution in [0.15, 0.2) is 0 Å². The highest BCUT2D eigenvalue weighted by Crippen LogP contribution is 2.16. The molecule has 0 spiro atoms. The standard InChI is InChI=1S/C62H115NO13/c1-5-9-13-17-21-25-31-39-57(65)71-49-55(50-72-58(66)40-32-26-22-18-14-10-6-2)53-75-61(69)43-35-29-37-45-63(47-48-64)46-38-30-36-44-62(70)76-54-56(51-73-59(67)41-33-27-23-19-15-11-7-3)52-74-60(68)42-34-28-24-20-16-12-8-4/h55-56,64H,5-54H2,1-4H3. The van der Waals surface area contributed by atoms with Crippen molar-refractivity contribution in [2.75, 3.05) is 65.9 Å². The topological polar surface area (TPSA) is 181 Å². The van der Waals surface area contributed by atoms with Gasteiger partial charge in [0.2, 0.25) is 0 Å². The van der Waals surface area contributed by atoms with Crippen molar-refractivity contribution in [1.29, 1.82) is 0 Å². The molecule has 0 unspecified atom stereocenters. The van der Waals surface area contributed by atoms with Gasteiger partial charge in [0.15, 0.2) is 0 Å². The largest absolute Gasteiger partial charge is 0.465 e. The fourth-order valence-electron chi connectivity index (χ4n) is 8.93. The highest BCUT2D eigenvalue weighted by Gasteiger charge is 2.20. The Morgan fingerprint density at radius 3 is 0.658 bits per heavy atom. The van der Waals surface area contributed by atoms with Gasteiger partial charge in [0.25, 0.3) is 0 Å². The molecule has 0 saturated heterocycles. The number of hydrogen-bond acceptors (Lipinski definition) is 14. The molecule has 0 aromatic rings. The van der Waals surface area contributed by atoms with Crippen LogP contribution in [-0.4, -0.2) is 112 Å². The van der Waals surface area contributed by atoms with Gasteiger partial charge in [0.05, 0.1) is 18.4 Å². The molecule has 0 amide bonds. The summed E-state index contributed by atoms with van der Waals surface area (Å²) in [4.78, 5) is 77.9. The van der Waals surface area contributed by atoms with E-state index in [1.54, 1.807) is 0 Å². The van der Waals surface area contributed by atoms with Gasteiger partial charge in [-0.2, -0.15) is 0 Å². The number of esters is 6. The van der Waals surface area contributed by atoms with E-state index in [1.165, 1.54) is 103 Å². The molecule has 0 rings (SSSR count). The van der Waals surface area contributed by atoms with Crippen LogP contribution in [0.3, 0.4) is 0 Å². The highest BCUT2D eigenvalue weighted by atomic mass is 16.6. The monoisotopic (exact) mass is 1080 g/mol. The highest BCUT2D eigenvalue weighted by molar-refractivity contribution is 5.71. The van der Waals surface area contributed by atoms with Crippen LogP contribution in [0.4, 0.5) is 0 Å². The lowest BCUT2D eigenvalue weighted by atomic mass is 10.1.